The number of rotatable bonds is 3. The van der Waals surface area contributed by atoms with Crippen LogP contribution in [0.5, 0.6) is 0 Å². The number of nitrogens with zero attached hydrogens (tertiary/aromatic N) is 2. The van der Waals surface area contributed by atoms with E-state index < -0.39 is 17.8 Å². The van der Waals surface area contributed by atoms with Gasteiger partial charge < -0.3 is 25.4 Å². The van der Waals surface area contributed by atoms with Gasteiger partial charge in [-0.15, -0.1) is 0 Å². The highest BCUT2D eigenvalue weighted by Crippen LogP contribution is 2.44. The predicted octanol–water partition coefficient (Wildman–Crippen LogP) is 2.56. The van der Waals surface area contributed by atoms with Gasteiger partial charge in [0.2, 0.25) is 0 Å². The number of nitrogens with two attached hydrogens (primary N) is 1. The topological polar surface area (TPSA) is 79.0 Å². The van der Waals surface area contributed by atoms with E-state index in [4.69, 9.17) is 15.6 Å². The van der Waals surface area contributed by atoms with Crippen LogP contribution in [0.2, 0.25) is 0 Å². The molecular formula is C17H19F2N3O3. The molecule has 1 aromatic rings. The van der Waals surface area contributed by atoms with E-state index in [1.807, 2.05) is 0 Å². The summed E-state index contributed by atoms with van der Waals surface area (Å²) in [6.07, 6.45) is 2.56. The lowest BCUT2D eigenvalue weighted by atomic mass is 10.0. The van der Waals surface area contributed by atoms with E-state index in [0.717, 1.165) is 12.8 Å². The summed E-state index contributed by atoms with van der Waals surface area (Å²) in [6, 6.07) is 1.27. The Morgan fingerprint density at radius 2 is 2.04 bits per heavy atom. The quantitative estimate of drug-likeness (QED) is 0.815. The van der Waals surface area contributed by atoms with Crippen molar-refractivity contribution in [3.05, 3.63) is 35.2 Å². The van der Waals surface area contributed by atoms with Crippen molar-refractivity contribution in [3.63, 3.8) is 0 Å². The molecule has 2 fully saturated rings. The van der Waals surface area contributed by atoms with Crippen LogP contribution < -0.4 is 15.5 Å². The first-order chi connectivity index (χ1) is 11.9. The number of allylic oxidation sites excluding steroid dienone is 1. The lowest BCUT2D eigenvalue weighted by molar-refractivity contribution is 0.116. The van der Waals surface area contributed by atoms with Gasteiger partial charge in [0.05, 0.1) is 5.69 Å². The molecule has 0 radical (unpaired) electrons. The SMILES string of the molecule is NC1CCN(c2c(F)cc3c(c2F)N(C2CC2)C=C(OC(=O)O)C3)C1. The molecule has 3 N–H and O–H groups in total. The Bertz CT molecular complexity index is 764. The summed E-state index contributed by atoms with van der Waals surface area (Å²) in [6.45, 7) is 0.930. The van der Waals surface area contributed by atoms with Crippen molar-refractivity contribution in [3.8, 4) is 0 Å². The average Bonchev–Trinajstić information content (AvgIpc) is 3.28. The lowest BCUT2D eigenvalue weighted by Gasteiger charge is -2.31. The van der Waals surface area contributed by atoms with E-state index in [0.29, 0.717) is 30.8 Å². The van der Waals surface area contributed by atoms with Crippen LogP contribution in [0.3, 0.4) is 0 Å². The van der Waals surface area contributed by atoms with Gasteiger partial charge in [-0.05, 0) is 30.9 Å². The zero-order chi connectivity index (χ0) is 17.7. The van der Waals surface area contributed by atoms with E-state index in [1.165, 1.54) is 12.3 Å². The highest BCUT2D eigenvalue weighted by molar-refractivity contribution is 5.71. The minimum absolute atomic E-state index is 0.0402. The van der Waals surface area contributed by atoms with Gasteiger partial charge >= 0.3 is 6.16 Å². The molecule has 1 aliphatic carbocycles. The number of carboxylic acid groups (broad SMARTS) is 1. The summed E-state index contributed by atoms with van der Waals surface area (Å²) in [5.74, 6) is -1.10. The third-order valence-corrected chi connectivity index (χ3v) is 4.85. The Hall–Kier alpha value is -2.35. The van der Waals surface area contributed by atoms with Gasteiger partial charge in [0, 0.05) is 37.8 Å². The van der Waals surface area contributed by atoms with E-state index in [-0.39, 0.29) is 30.0 Å². The van der Waals surface area contributed by atoms with Gasteiger partial charge in [-0.2, -0.15) is 0 Å². The molecule has 3 aliphatic rings. The van der Waals surface area contributed by atoms with E-state index in [1.54, 1.807) is 9.80 Å². The first-order valence-corrected chi connectivity index (χ1v) is 8.35. The maximum atomic E-state index is 15.3. The van der Waals surface area contributed by atoms with Gasteiger partial charge in [0.15, 0.2) is 5.82 Å². The van der Waals surface area contributed by atoms with Gasteiger partial charge in [0.25, 0.3) is 0 Å². The zero-order valence-corrected chi connectivity index (χ0v) is 13.5. The maximum absolute atomic E-state index is 15.3. The molecule has 134 valence electrons. The first kappa shape index (κ1) is 16.1. The molecule has 1 aromatic carbocycles. The molecule has 6 nitrogen and oxygen atoms in total. The monoisotopic (exact) mass is 351 g/mol. The van der Waals surface area contributed by atoms with Crippen LogP contribution in [-0.4, -0.2) is 36.4 Å². The Morgan fingerprint density at radius 1 is 1.28 bits per heavy atom. The molecule has 1 saturated carbocycles. The fourth-order valence-electron chi connectivity index (χ4n) is 3.61. The maximum Gasteiger partial charge on any atom is 0.511 e. The third kappa shape index (κ3) is 2.90. The molecule has 1 unspecified atom stereocenters. The standard InChI is InChI=1S/C17H19F2N3O3/c18-13-6-9-5-12(25-17(23)24)8-22(11-1-2-11)15(9)14(19)16(13)21-4-3-10(20)7-21/h6,8,10-11H,1-5,7,20H2,(H,23,24). The number of fused-ring (bicyclic) bond motifs is 1. The van der Waals surface area contributed by atoms with E-state index in [9.17, 15) is 9.18 Å². The molecular weight excluding hydrogens is 332 g/mol. The Balaban J connectivity index is 1.76. The molecule has 8 heteroatoms. The van der Waals surface area contributed by atoms with Crippen molar-refractivity contribution < 1.29 is 23.4 Å². The highest BCUT2D eigenvalue weighted by Gasteiger charge is 2.37. The van der Waals surface area contributed by atoms with Crippen LogP contribution in [0.1, 0.15) is 24.8 Å². The second-order valence-corrected chi connectivity index (χ2v) is 6.80. The molecule has 25 heavy (non-hydrogen) atoms. The van der Waals surface area contributed by atoms with Crippen molar-refractivity contribution in [2.75, 3.05) is 22.9 Å². The minimum atomic E-state index is -1.44. The predicted molar refractivity (Wildman–Crippen MR) is 87.6 cm³/mol. The van der Waals surface area contributed by atoms with Crippen molar-refractivity contribution in [1.29, 1.82) is 0 Å². The third-order valence-electron chi connectivity index (χ3n) is 4.85. The molecule has 0 spiro atoms. The molecule has 0 amide bonds. The molecule has 1 atom stereocenters. The van der Waals surface area contributed by atoms with Crippen molar-refractivity contribution in [2.24, 2.45) is 5.73 Å². The van der Waals surface area contributed by atoms with Crippen molar-refractivity contribution >= 4 is 17.5 Å². The minimum Gasteiger partial charge on any atom is -0.449 e. The van der Waals surface area contributed by atoms with Gasteiger partial charge in [0.1, 0.15) is 17.3 Å². The summed E-state index contributed by atoms with van der Waals surface area (Å²) >= 11 is 0. The molecule has 4 rings (SSSR count). The second kappa shape index (κ2) is 5.87. The fraction of sp³-hybridized carbons (Fsp3) is 0.471. The average molecular weight is 351 g/mol. The van der Waals surface area contributed by atoms with Crippen molar-refractivity contribution in [1.82, 2.24) is 0 Å². The van der Waals surface area contributed by atoms with Crippen molar-refractivity contribution in [2.45, 2.75) is 37.8 Å². The van der Waals surface area contributed by atoms with Crippen LogP contribution in [-0.2, 0) is 11.2 Å². The Kier molecular flexibility index (Phi) is 3.79. The summed E-state index contributed by atoms with van der Waals surface area (Å²) in [4.78, 5) is 14.1. The van der Waals surface area contributed by atoms with Crippen LogP contribution >= 0.6 is 0 Å². The van der Waals surface area contributed by atoms with Gasteiger partial charge in [-0.1, -0.05) is 0 Å². The lowest BCUT2D eigenvalue weighted by Crippen LogP contribution is -2.31. The molecule has 2 aliphatic heterocycles. The van der Waals surface area contributed by atoms with Crippen LogP contribution in [0, 0.1) is 11.6 Å². The number of halogens is 2. The zero-order valence-electron chi connectivity index (χ0n) is 13.5. The largest absolute Gasteiger partial charge is 0.511 e. The van der Waals surface area contributed by atoms with Crippen LogP contribution in [0.25, 0.3) is 0 Å². The Labute approximate surface area is 143 Å². The number of hydrogen-bond acceptors (Lipinski definition) is 5. The number of hydrogen-bond donors (Lipinski definition) is 2. The highest BCUT2D eigenvalue weighted by atomic mass is 19.1. The number of carbonyl (C=O) groups is 1. The van der Waals surface area contributed by atoms with Gasteiger partial charge in [-0.3, -0.25) is 0 Å². The van der Waals surface area contributed by atoms with E-state index >= 15 is 4.39 Å². The number of ether oxygens (including phenoxy) is 1. The molecule has 0 aromatic heterocycles. The molecule has 0 bridgehead atoms. The van der Waals surface area contributed by atoms with Crippen LogP contribution in [0.15, 0.2) is 18.0 Å². The summed E-state index contributed by atoms with van der Waals surface area (Å²) < 4.78 is 34.6. The summed E-state index contributed by atoms with van der Waals surface area (Å²) in [5, 5.41) is 8.83. The fourth-order valence-corrected chi connectivity index (χ4v) is 3.61. The van der Waals surface area contributed by atoms with E-state index in [2.05, 4.69) is 0 Å². The number of benzene rings is 1. The second-order valence-electron chi connectivity index (χ2n) is 6.80. The molecule has 1 saturated heterocycles. The smallest absolute Gasteiger partial charge is 0.449 e. The van der Waals surface area contributed by atoms with Gasteiger partial charge in [-0.25, -0.2) is 13.6 Å². The summed E-state index contributed by atoms with van der Waals surface area (Å²) in [7, 11) is 0. The number of anilines is 2. The van der Waals surface area contributed by atoms with Crippen LogP contribution in [0.4, 0.5) is 25.0 Å². The molecule has 2 heterocycles. The Morgan fingerprint density at radius 3 is 2.64 bits per heavy atom. The first-order valence-electron chi connectivity index (χ1n) is 8.35. The normalized spacial score (nSPS) is 22.7. The summed E-state index contributed by atoms with van der Waals surface area (Å²) in [5.41, 5.74) is 6.54.